The van der Waals surface area contributed by atoms with Gasteiger partial charge in [-0.05, 0) is 37.5 Å². The Morgan fingerprint density at radius 3 is 2.33 bits per heavy atom. The molecule has 0 spiro atoms. The van der Waals surface area contributed by atoms with E-state index >= 15 is 0 Å². The fraction of sp³-hybridized carbons (Fsp3) is 0.320. The molecule has 1 aliphatic heterocycles. The van der Waals surface area contributed by atoms with Gasteiger partial charge in [-0.1, -0.05) is 92.2 Å². The van der Waals surface area contributed by atoms with Crippen LogP contribution in [0.2, 0.25) is 0 Å². The number of thioether (sulfide) groups is 1. The van der Waals surface area contributed by atoms with Crippen molar-refractivity contribution in [3.63, 3.8) is 0 Å². The average molecular weight is 417 g/mol. The van der Waals surface area contributed by atoms with Gasteiger partial charge in [0.15, 0.2) is 4.87 Å². The molecule has 0 bridgehead atoms. The third-order valence-corrected chi connectivity index (χ3v) is 6.97. The van der Waals surface area contributed by atoms with Gasteiger partial charge in [-0.15, -0.1) is 0 Å². The van der Waals surface area contributed by atoms with E-state index in [4.69, 9.17) is 15.1 Å². The summed E-state index contributed by atoms with van der Waals surface area (Å²) in [7, 11) is 0. The van der Waals surface area contributed by atoms with Gasteiger partial charge in [0.1, 0.15) is 11.7 Å². The predicted octanol–water partition coefficient (Wildman–Crippen LogP) is 6.31. The Bertz CT molecular complexity index is 1040. The summed E-state index contributed by atoms with van der Waals surface area (Å²) in [5, 5.41) is 5.00. The molecule has 0 aliphatic carbocycles. The number of nitrogens with zero attached hydrogens (tertiary/aromatic N) is 4. The van der Waals surface area contributed by atoms with Crippen molar-refractivity contribution in [1.82, 2.24) is 9.78 Å². The molecule has 0 radical (unpaired) electrons. The fourth-order valence-electron chi connectivity index (χ4n) is 3.96. The second-order valence-electron chi connectivity index (χ2n) is 7.68. The standard InChI is InChI=1S/C25H28N4S/c1-4-5-16-23(29-20(3)17-19(2)28-29)30-25(22-14-10-7-11-15-22)24(26-18-27-25)21-12-8-6-9-13-21/h6-15,17-18,23H,4-5,16H2,1-3H3. The van der Waals surface area contributed by atoms with Gasteiger partial charge >= 0.3 is 0 Å². The molecule has 154 valence electrons. The second-order valence-corrected chi connectivity index (χ2v) is 9.06. The SMILES string of the molecule is CCCCC(SC1(c2ccccc2)N=CN=C1c1ccccc1)n1nc(C)cc1C. The Morgan fingerprint density at radius 1 is 1.00 bits per heavy atom. The van der Waals surface area contributed by atoms with Crippen molar-refractivity contribution in [1.29, 1.82) is 0 Å². The van der Waals surface area contributed by atoms with Crippen molar-refractivity contribution in [3.8, 4) is 0 Å². The molecule has 5 heteroatoms. The quantitative estimate of drug-likeness (QED) is 0.432. The fourth-order valence-corrected chi connectivity index (χ4v) is 5.61. The van der Waals surface area contributed by atoms with Crippen molar-refractivity contribution in [2.45, 2.75) is 50.3 Å². The maximum absolute atomic E-state index is 5.00. The van der Waals surface area contributed by atoms with Crippen LogP contribution in [-0.2, 0) is 4.87 Å². The Kier molecular flexibility index (Phi) is 6.18. The third kappa shape index (κ3) is 3.99. The number of aryl methyl sites for hydroxylation is 2. The van der Waals surface area contributed by atoms with Crippen LogP contribution in [0.3, 0.4) is 0 Å². The van der Waals surface area contributed by atoms with Crippen molar-refractivity contribution < 1.29 is 0 Å². The van der Waals surface area contributed by atoms with Gasteiger partial charge in [0.2, 0.25) is 0 Å². The smallest absolute Gasteiger partial charge is 0.177 e. The normalized spacial score (nSPS) is 19.1. The highest BCUT2D eigenvalue weighted by molar-refractivity contribution is 8.01. The van der Waals surface area contributed by atoms with Crippen molar-refractivity contribution >= 4 is 23.8 Å². The number of rotatable bonds is 8. The first kappa shape index (κ1) is 20.6. The minimum atomic E-state index is -0.590. The van der Waals surface area contributed by atoms with Crippen LogP contribution in [0.1, 0.15) is 54.1 Å². The van der Waals surface area contributed by atoms with E-state index in [1.54, 1.807) is 6.34 Å². The van der Waals surface area contributed by atoms with Crippen molar-refractivity contribution in [2.75, 3.05) is 0 Å². The molecule has 3 aromatic rings. The number of aromatic nitrogens is 2. The van der Waals surface area contributed by atoms with Crippen LogP contribution in [0.15, 0.2) is 76.7 Å². The Morgan fingerprint density at radius 2 is 1.70 bits per heavy atom. The number of benzene rings is 2. The summed E-state index contributed by atoms with van der Waals surface area (Å²) in [6, 6.07) is 23.1. The van der Waals surface area contributed by atoms with Crippen molar-refractivity contribution in [3.05, 3.63) is 89.2 Å². The van der Waals surface area contributed by atoms with Gasteiger partial charge in [0, 0.05) is 5.69 Å². The van der Waals surface area contributed by atoms with E-state index in [2.05, 4.69) is 86.1 Å². The highest BCUT2D eigenvalue weighted by atomic mass is 32.2. The van der Waals surface area contributed by atoms with Crippen molar-refractivity contribution in [2.24, 2.45) is 9.98 Å². The highest BCUT2D eigenvalue weighted by Gasteiger charge is 2.43. The van der Waals surface area contributed by atoms with Gasteiger partial charge in [0.05, 0.1) is 11.4 Å². The van der Waals surface area contributed by atoms with Crippen LogP contribution in [0.25, 0.3) is 0 Å². The lowest BCUT2D eigenvalue weighted by Crippen LogP contribution is -2.31. The third-order valence-electron chi connectivity index (χ3n) is 5.39. The molecule has 4 rings (SSSR count). The zero-order chi connectivity index (χ0) is 21.0. The molecule has 30 heavy (non-hydrogen) atoms. The molecule has 2 unspecified atom stereocenters. The van der Waals surface area contributed by atoms with E-state index in [0.717, 1.165) is 41.8 Å². The summed E-state index contributed by atoms with van der Waals surface area (Å²) in [5.74, 6) is 0. The molecular formula is C25H28N4S. The highest BCUT2D eigenvalue weighted by Crippen LogP contribution is 2.50. The zero-order valence-electron chi connectivity index (χ0n) is 17.8. The molecule has 2 atom stereocenters. The van der Waals surface area contributed by atoms with Crippen LogP contribution >= 0.6 is 11.8 Å². The summed E-state index contributed by atoms with van der Waals surface area (Å²) in [6.45, 7) is 6.43. The summed E-state index contributed by atoms with van der Waals surface area (Å²) >= 11 is 1.85. The van der Waals surface area contributed by atoms with E-state index in [0.29, 0.717) is 0 Å². The maximum atomic E-state index is 5.00. The second kappa shape index (κ2) is 9.00. The number of hydrogen-bond donors (Lipinski definition) is 0. The summed E-state index contributed by atoms with van der Waals surface area (Å²) in [5.41, 5.74) is 5.48. The van der Waals surface area contributed by atoms with Gasteiger partial charge in [0.25, 0.3) is 0 Å². The summed E-state index contributed by atoms with van der Waals surface area (Å²) in [6.07, 6.45) is 5.05. The predicted molar refractivity (Wildman–Crippen MR) is 127 cm³/mol. The van der Waals surface area contributed by atoms with Gasteiger partial charge in [-0.2, -0.15) is 5.10 Å². The van der Waals surface area contributed by atoms with Crippen LogP contribution in [0.4, 0.5) is 0 Å². The first-order chi connectivity index (χ1) is 14.6. The first-order valence-electron chi connectivity index (χ1n) is 10.6. The molecule has 0 saturated heterocycles. The lowest BCUT2D eigenvalue weighted by molar-refractivity contribution is 0.521. The minimum absolute atomic E-state index is 0.169. The molecule has 4 nitrogen and oxygen atoms in total. The average Bonchev–Trinajstić information content (AvgIpc) is 3.35. The van der Waals surface area contributed by atoms with Crippen LogP contribution < -0.4 is 0 Å². The van der Waals surface area contributed by atoms with E-state index < -0.39 is 4.87 Å². The summed E-state index contributed by atoms with van der Waals surface area (Å²) < 4.78 is 2.18. The lowest BCUT2D eigenvalue weighted by Gasteiger charge is -2.33. The molecule has 0 saturated carbocycles. The lowest BCUT2D eigenvalue weighted by atomic mass is 9.96. The monoisotopic (exact) mass is 416 g/mol. The number of unbranched alkanes of at least 4 members (excludes halogenated alkanes) is 1. The van der Waals surface area contributed by atoms with Crippen LogP contribution in [0, 0.1) is 13.8 Å². The van der Waals surface area contributed by atoms with E-state index in [-0.39, 0.29) is 5.37 Å². The number of hydrogen-bond acceptors (Lipinski definition) is 4. The zero-order valence-corrected chi connectivity index (χ0v) is 18.6. The Balaban J connectivity index is 1.81. The molecule has 1 aliphatic rings. The van der Waals surface area contributed by atoms with E-state index in [1.165, 1.54) is 5.69 Å². The molecule has 0 fully saturated rings. The van der Waals surface area contributed by atoms with Crippen LogP contribution in [0.5, 0.6) is 0 Å². The largest absolute Gasteiger partial charge is 0.256 e. The molecular weight excluding hydrogens is 388 g/mol. The summed E-state index contributed by atoms with van der Waals surface area (Å²) in [4.78, 5) is 9.17. The van der Waals surface area contributed by atoms with E-state index in [9.17, 15) is 0 Å². The van der Waals surface area contributed by atoms with Gasteiger partial charge in [-0.25, -0.2) is 9.98 Å². The van der Waals surface area contributed by atoms with Gasteiger partial charge in [-0.3, -0.25) is 4.68 Å². The van der Waals surface area contributed by atoms with Gasteiger partial charge < -0.3 is 0 Å². The topological polar surface area (TPSA) is 42.5 Å². The first-order valence-corrected chi connectivity index (χ1v) is 11.5. The maximum Gasteiger partial charge on any atom is 0.177 e. The molecule has 0 amide bonds. The Hall–Kier alpha value is -2.66. The van der Waals surface area contributed by atoms with Crippen LogP contribution in [-0.4, -0.2) is 21.8 Å². The molecule has 1 aromatic heterocycles. The molecule has 2 aromatic carbocycles. The molecule has 0 N–H and O–H groups in total. The molecule has 2 heterocycles. The van der Waals surface area contributed by atoms with E-state index in [1.807, 2.05) is 17.8 Å². The Labute approximate surface area is 183 Å². The number of aliphatic imine (C=N–C) groups is 2. The minimum Gasteiger partial charge on any atom is -0.256 e.